The summed E-state index contributed by atoms with van der Waals surface area (Å²) in [5.41, 5.74) is 8.12. The fourth-order valence-electron chi connectivity index (χ4n) is 5.66. The van der Waals surface area contributed by atoms with Crippen molar-refractivity contribution >= 4 is 36.4 Å². The molecule has 1 fully saturated rings. The normalized spacial score (nSPS) is 15.2. The van der Waals surface area contributed by atoms with Crippen molar-refractivity contribution in [2.24, 2.45) is 0 Å². The van der Waals surface area contributed by atoms with E-state index in [1.807, 2.05) is 41.1 Å². The van der Waals surface area contributed by atoms with Crippen molar-refractivity contribution < 1.29 is 9.13 Å². The van der Waals surface area contributed by atoms with E-state index in [1.54, 1.807) is 12.4 Å². The summed E-state index contributed by atoms with van der Waals surface area (Å²) < 4.78 is 25.6. The third kappa shape index (κ3) is 5.25. The van der Waals surface area contributed by atoms with Gasteiger partial charge in [-0.05, 0) is 30.7 Å². The van der Waals surface area contributed by atoms with E-state index in [0.717, 1.165) is 22.6 Å². The van der Waals surface area contributed by atoms with Gasteiger partial charge < -0.3 is 19.9 Å². The summed E-state index contributed by atoms with van der Waals surface area (Å²) in [7, 11) is -1.26. The van der Waals surface area contributed by atoms with Crippen molar-refractivity contribution in [3.05, 3.63) is 89.5 Å². The fraction of sp³-hybridized carbons (Fsp3) is 0.290. The predicted octanol–water partition coefficient (Wildman–Crippen LogP) is 4.67. The number of rotatable bonds is 9. The molecule has 1 aliphatic heterocycles. The molecular formula is C31H33FN10O2Si. The number of aromatic nitrogens is 8. The van der Waals surface area contributed by atoms with Gasteiger partial charge in [0.2, 0.25) is 5.95 Å². The second kappa shape index (κ2) is 11.2. The van der Waals surface area contributed by atoms with Gasteiger partial charge in [-0.15, -0.1) is 0 Å². The van der Waals surface area contributed by atoms with Crippen LogP contribution in [0.5, 0.6) is 0 Å². The van der Waals surface area contributed by atoms with Crippen molar-refractivity contribution in [3.63, 3.8) is 0 Å². The van der Waals surface area contributed by atoms with Crippen LogP contribution in [-0.4, -0.2) is 59.9 Å². The Bertz CT molecular complexity index is 2070. The maximum Gasteiger partial charge on any atom is 0.285 e. The number of fused-ring (bicyclic) bond motifs is 2. The molecule has 0 saturated carbocycles. The van der Waals surface area contributed by atoms with Crippen molar-refractivity contribution in [1.29, 1.82) is 0 Å². The van der Waals surface area contributed by atoms with Crippen LogP contribution in [0.1, 0.15) is 18.3 Å². The van der Waals surface area contributed by atoms with E-state index in [9.17, 15) is 9.18 Å². The van der Waals surface area contributed by atoms with E-state index in [2.05, 4.69) is 39.5 Å². The first kappa shape index (κ1) is 28.8. The van der Waals surface area contributed by atoms with Crippen LogP contribution < -0.4 is 16.2 Å². The molecular weight excluding hydrogens is 591 g/mol. The summed E-state index contributed by atoms with van der Waals surface area (Å²) in [6.45, 7) is 8.60. The third-order valence-electron chi connectivity index (χ3n) is 8.11. The highest BCUT2D eigenvalue weighted by Crippen LogP contribution is 2.42. The van der Waals surface area contributed by atoms with Gasteiger partial charge >= 0.3 is 0 Å². The fourth-order valence-corrected chi connectivity index (χ4v) is 6.42. The molecule has 6 aromatic rings. The highest BCUT2D eigenvalue weighted by atomic mass is 28.3. The lowest BCUT2D eigenvalue weighted by molar-refractivity contribution is 0.0899. The smallest absolute Gasteiger partial charge is 0.285 e. The van der Waals surface area contributed by atoms with Gasteiger partial charge in [0, 0.05) is 57.1 Å². The van der Waals surface area contributed by atoms with Crippen molar-refractivity contribution in [3.8, 4) is 16.8 Å². The van der Waals surface area contributed by atoms with Crippen LogP contribution in [0, 0.1) is 5.82 Å². The highest BCUT2D eigenvalue weighted by Gasteiger charge is 2.37. The minimum atomic E-state index is -1.26. The molecule has 5 aromatic heterocycles. The zero-order chi connectivity index (χ0) is 31.3. The summed E-state index contributed by atoms with van der Waals surface area (Å²) in [4.78, 5) is 33.8. The molecule has 230 valence electrons. The lowest BCUT2D eigenvalue weighted by Gasteiger charge is -2.42. The first-order valence-corrected chi connectivity index (χ1v) is 18.5. The Kier molecular flexibility index (Phi) is 7.17. The average molecular weight is 625 g/mol. The Hall–Kier alpha value is -4.95. The van der Waals surface area contributed by atoms with Crippen molar-refractivity contribution in [2.75, 3.05) is 23.8 Å². The lowest BCUT2D eigenvalue weighted by Crippen LogP contribution is -2.45. The summed E-state index contributed by atoms with van der Waals surface area (Å²) in [5, 5.41) is 5.57. The van der Waals surface area contributed by atoms with Crippen LogP contribution in [0.2, 0.25) is 25.7 Å². The lowest BCUT2D eigenvalue weighted by atomic mass is 10.00. The Labute approximate surface area is 259 Å². The number of benzene rings is 1. The van der Waals surface area contributed by atoms with Crippen molar-refractivity contribution in [2.45, 2.75) is 44.9 Å². The van der Waals surface area contributed by atoms with E-state index < -0.39 is 19.5 Å². The number of hydrogen-bond donors (Lipinski definition) is 1. The second-order valence-corrected chi connectivity index (χ2v) is 18.0. The maximum atomic E-state index is 14.7. The molecule has 7 rings (SSSR count). The molecule has 45 heavy (non-hydrogen) atoms. The number of nitrogen functional groups attached to an aromatic ring is 1. The molecule has 0 amide bonds. The van der Waals surface area contributed by atoms with Crippen molar-refractivity contribution in [1.82, 2.24) is 38.7 Å². The minimum Gasteiger partial charge on any atom is -0.368 e. The molecule has 12 nitrogen and oxygen atoms in total. The largest absolute Gasteiger partial charge is 0.368 e. The first-order valence-electron chi connectivity index (χ1n) is 14.8. The molecule has 0 bridgehead atoms. The molecule has 6 heterocycles. The van der Waals surface area contributed by atoms with Gasteiger partial charge in [0.15, 0.2) is 17.2 Å². The number of ether oxygens (including phenoxy) is 1. The van der Waals surface area contributed by atoms with Gasteiger partial charge in [-0.2, -0.15) is 5.10 Å². The number of hydrogen-bond acceptors (Lipinski definition) is 9. The molecule has 1 atom stereocenters. The molecule has 0 radical (unpaired) electrons. The van der Waals surface area contributed by atoms with Crippen LogP contribution in [-0.2, 0) is 11.5 Å². The number of anilines is 2. The second-order valence-electron chi connectivity index (χ2n) is 12.4. The zero-order valence-corrected chi connectivity index (χ0v) is 26.3. The third-order valence-corrected chi connectivity index (χ3v) is 9.81. The Morgan fingerprint density at radius 3 is 2.56 bits per heavy atom. The molecule has 0 spiro atoms. The summed E-state index contributed by atoms with van der Waals surface area (Å²) in [6.07, 6.45) is 9.06. The molecule has 1 saturated heterocycles. The zero-order valence-electron chi connectivity index (χ0n) is 25.3. The number of nitrogens with zero attached hydrogens (tertiary/aromatic N) is 9. The van der Waals surface area contributed by atoms with E-state index in [-0.39, 0.29) is 17.5 Å². The Morgan fingerprint density at radius 2 is 1.84 bits per heavy atom. The quantitative estimate of drug-likeness (QED) is 0.180. The summed E-state index contributed by atoms with van der Waals surface area (Å²) in [6, 6.07) is 11.2. The Balaban J connectivity index is 1.35. The van der Waals surface area contributed by atoms with Gasteiger partial charge in [0.05, 0.1) is 17.1 Å². The van der Waals surface area contributed by atoms with Crippen LogP contribution >= 0.6 is 0 Å². The molecule has 0 aliphatic carbocycles. The van der Waals surface area contributed by atoms with Gasteiger partial charge in [0.1, 0.15) is 24.5 Å². The van der Waals surface area contributed by atoms with E-state index >= 15 is 0 Å². The molecule has 2 N–H and O–H groups in total. The monoisotopic (exact) mass is 624 g/mol. The van der Waals surface area contributed by atoms with Crippen LogP contribution in [0.25, 0.3) is 33.4 Å². The SMILES string of the molecule is C[Si](C)(C)CCOCn1cc(-c2cnc(N)nc2)c2c(N3CC[C@H]3c3nn4ccc(F)c4c(=O)n3-c3ccccc3)ncnc21. The molecule has 1 aliphatic rings. The van der Waals surface area contributed by atoms with E-state index in [4.69, 9.17) is 20.6 Å². The number of para-hydroxylation sites is 1. The van der Waals surface area contributed by atoms with Crippen LogP contribution in [0.15, 0.2) is 72.3 Å². The summed E-state index contributed by atoms with van der Waals surface area (Å²) in [5.74, 6) is 0.726. The maximum absolute atomic E-state index is 14.7. The Morgan fingerprint density at radius 1 is 1.07 bits per heavy atom. The van der Waals surface area contributed by atoms with Gasteiger partial charge in [0.25, 0.3) is 5.56 Å². The highest BCUT2D eigenvalue weighted by molar-refractivity contribution is 6.76. The first-order chi connectivity index (χ1) is 21.7. The van der Waals surface area contributed by atoms with Gasteiger partial charge in [-0.3, -0.25) is 9.36 Å². The standard InChI is InChI=1S/C31H33FN10O2Si/c1-45(2,3)14-13-44-19-39-17-22(20-15-34-31(33)35-16-20)25-28(39)36-18-37-29(25)40-11-10-24(40)27-38-41-12-9-23(32)26(41)30(43)42(27)21-7-5-4-6-8-21/h4-9,12,15-18,24H,10-11,13-14,19H2,1-3H3,(H2,33,34,35)/t24-/m0/s1. The van der Waals surface area contributed by atoms with E-state index in [0.29, 0.717) is 49.3 Å². The summed E-state index contributed by atoms with van der Waals surface area (Å²) >= 11 is 0. The minimum absolute atomic E-state index is 0.102. The van der Waals surface area contributed by atoms with E-state index in [1.165, 1.54) is 27.7 Å². The average Bonchev–Trinajstić information content (AvgIpc) is 3.56. The molecule has 0 unspecified atom stereocenters. The van der Waals surface area contributed by atoms with Gasteiger partial charge in [-0.25, -0.2) is 28.8 Å². The van der Waals surface area contributed by atoms with Gasteiger partial charge in [-0.1, -0.05) is 37.8 Å². The van der Waals surface area contributed by atoms with Crippen LogP contribution in [0.4, 0.5) is 16.2 Å². The number of nitrogens with two attached hydrogens (primary N) is 1. The molecule has 14 heteroatoms. The molecule has 1 aromatic carbocycles. The van der Waals surface area contributed by atoms with Crippen LogP contribution in [0.3, 0.4) is 0 Å². The predicted molar refractivity (Wildman–Crippen MR) is 173 cm³/mol. The topological polar surface area (TPSA) is 134 Å². The number of halogens is 1.